The Morgan fingerprint density at radius 2 is 1.88 bits per heavy atom. The van der Waals surface area contributed by atoms with E-state index in [1.165, 1.54) is 12.8 Å². The molecule has 1 saturated heterocycles. The summed E-state index contributed by atoms with van der Waals surface area (Å²) in [4.78, 5) is 12.2. The zero-order valence-electron chi connectivity index (χ0n) is 15.3. The zero-order chi connectivity index (χ0) is 17.6. The van der Waals surface area contributed by atoms with Crippen LogP contribution in [0.15, 0.2) is 12.3 Å². The van der Waals surface area contributed by atoms with Crippen molar-refractivity contribution in [3.63, 3.8) is 0 Å². The molecule has 0 aliphatic carbocycles. The number of aryl methyl sites for hydroxylation is 1. The first-order valence-electron chi connectivity index (χ1n) is 8.77. The molecule has 1 aliphatic heterocycles. The van der Waals surface area contributed by atoms with Gasteiger partial charge in [0.1, 0.15) is 17.3 Å². The molecular weight excluding hydrogens is 316 g/mol. The molecule has 0 bridgehead atoms. The monoisotopic (exact) mass is 340 g/mol. The highest BCUT2D eigenvalue weighted by Gasteiger charge is 2.25. The quantitative estimate of drug-likeness (QED) is 0.725. The van der Waals surface area contributed by atoms with E-state index in [2.05, 4.69) is 58.0 Å². The van der Waals surface area contributed by atoms with Gasteiger partial charge in [0.25, 0.3) is 0 Å². The van der Waals surface area contributed by atoms with Gasteiger partial charge in [0.2, 0.25) is 0 Å². The molecule has 3 aromatic rings. The highest BCUT2D eigenvalue weighted by atomic mass is 15.5. The summed E-state index contributed by atoms with van der Waals surface area (Å²) in [6, 6.07) is 2.11. The molecule has 0 saturated carbocycles. The van der Waals surface area contributed by atoms with E-state index in [1.807, 2.05) is 7.05 Å². The number of tetrazole rings is 1. The fraction of sp³-hybridized carbons (Fsp3) is 0.588. The lowest BCUT2D eigenvalue weighted by Gasteiger charge is -2.22. The number of hydrogen-bond acceptors (Lipinski definition) is 6. The second-order valence-corrected chi connectivity index (χ2v) is 7.71. The Morgan fingerprint density at radius 1 is 1.12 bits per heavy atom. The molecular formula is C17H24N8. The minimum absolute atomic E-state index is 0.107. The van der Waals surface area contributed by atoms with E-state index in [9.17, 15) is 0 Å². The average Bonchev–Trinajstić information content (AvgIpc) is 3.29. The highest BCUT2D eigenvalue weighted by molar-refractivity contribution is 5.88. The molecule has 4 heterocycles. The summed E-state index contributed by atoms with van der Waals surface area (Å²) in [5, 5.41) is 12.8. The molecule has 0 radical (unpaired) electrons. The number of fused-ring (bicyclic) bond motifs is 1. The summed E-state index contributed by atoms with van der Waals surface area (Å²) in [5.41, 5.74) is 0.842. The first kappa shape index (κ1) is 16.0. The topological polar surface area (TPSA) is 77.5 Å². The van der Waals surface area contributed by atoms with Gasteiger partial charge in [-0.25, -0.2) is 14.6 Å². The fourth-order valence-electron chi connectivity index (χ4n) is 3.22. The van der Waals surface area contributed by atoms with Gasteiger partial charge < -0.3 is 9.47 Å². The Bertz CT molecular complexity index is 895. The summed E-state index contributed by atoms with van der Waals surface area (Å²) in [6.07, 6.45) is 4.50. The van der Waals surface area contributed by atoms with Crippen molar-refractivity contribution >= 4 is 16.9 Å². The van der Waals surface area contributed by atoms with Gasteiger partial charge >= 0.3 is 0 Å². The number of rotatable bonds is 3. The van der Waals surface area contributed by atoms with Crippen molar-refractivity contribution in [2.45, 2.75) is 45.6 Å². The van der Waals surface area contributed by atoms with E-state index < -0.39 is 0 Å². The van der Waals surface area contributed by atoms with Crippen LogP contribution in [0.3, 0.4) is 0 Å². The van der Waals surface area contributed by atoms with Gasteiger partial charge in [-0.3, -0.25) is 0 Å². The van der Waals surface area contributed by atoms with Crippen molar-refractivity contribution in [1.29, 1.82) is 0 Å². The third-order valence-electron chi connectivity index (χ3n) is 4.69. The fourth-order valence-corrected chi connectivity index (χ4v) is 3.22. The predicted molar refractivity (Wildman–Crippen MR) is 95.6 cm³/mol. The van der Waals surface area contributed by atoms with Gasteiger partial charge in [-0.1, -0.05) is 20.8 Å². The SMILES string of the molecule is Cn1nnnc1Cn1ccc2c(N3CCCC3)nc(C(C)(C)C)nc21. The van der Waals surface area contributed by atoms with E-state index in [-0.39, 0.29) is 5.41 Å². The van der Waals surface area contributed by atoms with Crippen LogP contribution in [0.2, 0.25) is 0 Å². The first-order chi connectivity index (χ1) is 11.9. The van der Waals surface area contributed by atoms with Crippen molar-refractivity contribution in [3.8, 4) is 0 Å². The standard InChI is InChI=1S/C17H24N8/c1-17(2,3)16-18-14(24-8-5-6-9-24)12-7-10-25(15(12)19-16)11-13-20-21-22-23(13)4/h7,10H,5-6,8-9,11H2,1-4H3. The summed E-state index contributed by atoms with van der Waals surface area (Å²) in [5.74, 6) is 2.73. The maximum absolute atomic E-state index is 4.94. The largest absolute Gasteiger partial charge is 0.356 e. The van der Waals surface area contributed by atoms with Crippen LogP contribution in [0.25, 0.3) is 11.0 Å². The van der Waals surface area contributed by atoms with E-state index in [1.54, 1.807) is 4.68 Å². The second kappa shape index (κ2) is 5.79. The van der Waals surface area contributed by atoms with E-state index in [0.29, 0.717) is 6.54 Å². The van der Waals surface area contributed by atoms with Crippen LogP contribution in [-0.4, -0.2) is 47.8 Å². The van der Waals surface area contributed by atoms with Crippen LogP contribution in [0, 0.1) is 0 Å². The van der Waals surface area contributed by atoms with Crippen molar-refractivity contribution < 1.29 is 0 Å². The molecule has 1 aliphatic rings. The maximum Gasteiger partial charge on any atom is 0.170 e. The molecule has 3 aromatic heterocycles. The van der Waals surface area contributed by atoms with Crippen molar-refractivity contribution in [2.75, 3.05) is 18.0 Å². The molecule has 0 unspecified atom stereocenters. The van der Waals surface area contributed by atoms with Gasteiger partial charge in [-0.05, 0) is 29.3 Å². The Labute approximate surface area is 146 Å². The Kier molecular flexibility index (Phi) is 3.70. The third-order valence-corrected chi connectivity index (χ3v) is 4.69. The Balaban J connectivity index is 1.85. The van der Waals surface area contributed by atoms with Crippen LogP contribution in [0.4, 0.5) is 5.82 Å². The van der Waals surface area contributed by atoms with Crippen molar-refractivity contribution in [3.05, 3.63) is 23.9 Å². The van der Waals surface area contributed by atoms with Gasteiger partial charge in [-0.15, -0.1) is 5.10 Å². The van der Waals surface area contributed by atoms with Gasteiger partial charge in [0.05, 0.1) is 11.9 Å². The molecule has 1 fully saturated rings. The Hall–Kier alpha value is -2.51. The van der Waals surface area contributed by atoms with Crippen molar-refractivity contribution in [2.24, 2.45) is 7.05 Å². The highest BCUT2D eigenvalue weighted by Crippen LogP contribution is 2.31. The minimum atomic E-state index is -0.107. The molecule has 0 amide bonds. The molecule has 0 spiro atoms. The third kappa shape index (κ3) is 2.85. The summed E-state index contributed by atoms with van der Waals surface area (Å²) >= 11 is 0. The number of hydrogen-bond donors (Lipinski definition) is 0. The van der Waals surface area contributed by atoms with E-state index >= 15 is 0 Å². The van der Waals surface area contributed by atoms with Crippen LogP contribution in [0.1, 0.15) is 45.3 Å². The molecule has 0 atom stereocenters. The Morgan fingerprint density at radius 3 is 2.52 bits per heavy atom. The van der Waals surface area contributed by atoms with Crippen LogP contribution < -0.4 is 4.90 Å². The van der Waals surface area contributed by atoms with E-state index in [4.69, 9.17) is 9.97 Å². The predicted octanol–water partition coefficient (Wildman–Crippen LogP) is 1.90. The lowest BCUT2D eigenvalue weighted by Crippen LogP contribution is -2.23. The lowest BCUT2D eigenvalue weighted by molar-refractivity contribution is 0.545. The smallest absolute Gasteiger partial charge is 0.170 e. The van der Waals surface area contributed by atoms with Gasteiger partial charge in [0, 0.05) is 31.7 Å². The molecule has 8 heteroatoms. The lowest BCUT2D eigenvalue weighted by atomic mass is 9.95. The zero-order valence-corrected chi connectivity index (χ0v) is 15.3. The molecule has 25 heavy (non-hydrogen) atoms. The van der Waals surface area contributed by atoms with Crippen LogP contribution in [0.5, 0.6) is 0 Å². The van der Waals surface area contributed by atoms with Crippen molar-refractivity contribution in [1.82, 2.24) is 34.7 Å². The molecule has 0 N–H and O–H groups in total. The van der Waals surface area contributed by atoms with Gasteiger partial charge in [-0.2, -0.15) is 0 Å². The summed E-state index contributed by atoms with van der Waals surface area (Å²) < 4.78 is 3.80. The normalized spacial score (nSPS) is 15.4. The molecule has 8 nitrogen and oxygen atoms in total. The first-order valence-corrected chi connectivity index (χ1v) is 8.77. The maximum atomic E-state index is 4.94. The minimum Gasteiger partial charge on any atom is -0.356 e. The number of nitrogens with zero attached hydrogens (tertiary/aromatic N) is 8. The molecule has 132 valence electrons. The van der Waals surface area contributed by atoms with Crippen LogP contribution in [-0.2, 0) is 19.0 Å². The van der Waals surface area contributed by atoms with Gasteiger partial charge in [0.15, 0.2) is 5.82 Å². The van der Waals surface area contributed by atoms with Crippen LogP contribution >= 0.6 is 0 Å². The molecule has 0 aromatic carbocycles. The molecule has 4 rings (SSSR count). The summed E-state index contributed by atoms with van der Waals surface area (Å²) in [7, 11) is 1.85. The van der Waals surface area contributed by atoms with E-state index in [0.717, 1.165) is 41.6 Å². The number of anilines is 1. The second-order valence-electron chi connectivity index (χ2n) is 7.71. The number of aromatic nitrogens is 7. The average molecular weight is 340 g/mol. The summed E-state index contributed by atoms with van der Waals surface area (Å²) in [6.45, 7) is 9.18.